The van der Waals surface area contributed by atoms with E-state index in [1.165, 1.54) is 18.2 Å². The van der Waals surface area contributed by atoms with E-state index in [4.69, 9.17) is 11.6 Å². The zero-order valence-corrected chi connectivity index (χ0v) is 25.1. The number of hydrogen-bond donors (Lipinski definition) is 1. The SMILES string of the molecule is CCCCNC(=O)C(Cc1ccccc1)N(Cc1ccccc1F)C(=O)CN(c1ccc(Cl)c(C(F)(F)F)c1)S(C)(=O)=O. The quantitative estimate of drug-likeness (QED) is 0.188. The number of rotatable bonds is 13. The lowest BCUT2D eigenvalue weighted by Crippen LogP contribution is -2.53. The van der Waals surface area contributed by atoms with Crippen molar-refractivity contribution in [3.8, 4) is 0 Å². The lowest BCUT2D eigenvalue weighted by molar-refractivity contribution is -0.140. The molecule has 232 valence electrons. The lowest BCUT2D eigenvalue weighted by Gasteiger charge is -2.33. The third-order valence-corrected chi connectivity index (χ3v) is 8.09. The molecule has 0 aliphatic heterocycles. The lowest BCUT2D eigenvalue weighted by atomic mass is 10.0. The number of nitrogens with zero attached hydrogens (tertiary/aromatic N) is 2. The van der Waals surface area contributed by atoms with Crippen LogP contribution in [0.15, 0.2) is 72.8 Å². The maximum atomic E-state index is 14.8. The van der Waals surface area contributed by atoms with Gasteiger partial charge in [-0.3, -0.25) is 13.9 Å². The molecular weight excluding hydrogens is 610 g/mol. The van der Waals surface area contributed by atoms with Crippen molar-refractivity contribution in [1.29, 1.82) is 0 Å². The van der Waals surface area contributed by atoms with E-state index in [9.17, 15) is 35.6 Å². The van der Waals surface area contributed by atoms with Gasteiger partial charge in [0.1, 0.15) is 18.4 Å². The van der Waals surface area contributed by atoms with Crippen molar-refractivity contribution in [2.75, 3.05) is 23.7 Å². The molecule has 3 rings (SSSR count). The molecule has 0 saturated heterocycles. The number of amides is 2. The van der Waals surface area contributed by atoms with Crippen molar-refractivity contribution in [3.05, 3.63) is 100 Å². The highest BCUT2D eigenvalue weighted by atomic mass is 35.5. The van der Waals surface area contributed by atoms with Gasteiger partial charge in [0.2, 0.25) is 21.8 Å². The fraction of sp³-hybridized carbons (Fsp3) is 0.333. The van der Waals surface area contributed by atoms with Crippen LogP contribution in [0.2, 0.25) is 5.02 Å². The summed E-state index contributed by atoms with van der Waals surface area (Å²) in [6.45, 7) is 0.876. The first-order valence-corrected chi connectivity index (χ1v) is 15.6. The highest BCUT2D eigenvalue weighted by Crippen LogP contribution is 2.37. The predicted molar refractivity (Wildman–Crippen MR) is 157 cm³/mol. The molecule has 3 aromatic carbocycles. The first kappa shape index (κ1) is 33.9. The first-order valence-electron chi connectivity index (χ1n) is 13.4. The minimum Gasteiger partial charge on any atom is -0.354 e. The van der Waals surface area contributed by atoms with E-state index in [2.05, 4.69) is 5.32 Å². The van der Waals surface area contributed by atoms with Gasteiger partial charge in [0, 0.05) is 25.1 Å². The summed E-state index contributed by atoms with van der Waals surface area (Å²) in [6.07, 6.45) is -2.70. The summed E-state index contributed by atoms with van der Waals surface area (Å²) in [6, 6.07) is 15.6. The van der Waals surface area contributed by atoms with Crippen molar-refractivity contribution >= 4 is 39.1 Å². The maximum Gasteiger partial charge on any atom is 0.417 e. The van der Waals surface area contributed by atoms with Crippen molar-refractivity contribution in [1.82, 2.24) is 10.2 Å². The zero-order chi connectivity index (χ0) is 31.8. The highest BCUT2D eigenvalue weighted by Gasteiger charge is 2.36. The van der Waals surface area contributed by atoms with Gasteiger partial charge in [-0.25, -0.2) is 12.8 Å². The smallest absolute Gasteiger partial charge is 0.354 e. The summed E-state index contributed by atoms with van der Waals surface area (Å²) in [5.74, 6) is -2.12. The van der Waals surface area contributed by atoms with E-state index in [-0.39, 0.29) is 12.0 Å². The Kier molecular flexibility index (Phi) is 11.6. The molecule has 1 unspecified atom stereocenters. The van der Waals surface area contributed by atoms with Gasteiger partial charge in [-0.15, -0.1) is 0 Å². The van der Waals surface area contributed by atoms with Crippen LogP contribution in [0.5, 0.6) is 0 Å². The summed E-state index contributed by atoms with van der Waals surface area (Å²) in [7, 11) is -4.32. The topological polar surface area (TPSA) is 86.8 Å². The average Bonchev–Trinajstić information content (AvgIpc) is 2.94. The van der Waals surface area contributed by atoms with Crippen LogP contribution in [-0.4, -0.2) is 50.5 Å². The van der Waals surface area contributed by atoms with Gasteiger partial charge >= 0.3 is 6.18 Å². The summed E-state index contributed by atoms with van der Waals surface area (Å²) >= 11 is 5.72. The summed E-state index contributed by atoms with van der Waals surface area (Å²) in [4.78, 5) is 28.6. The van der Waals surface area contributed by atoms with Gasteiger partial charge in [0.05, 0.1) is 22.5 Å². The third kappa shape index (κ3) is 9.42. The molecule has 0 aliphatic rings. The molecule has 1 atom stereocenters. The van der Waals surface area contributed by atoms with Crippen molar-refractivity contribution in [3.63, 3.8) is 0 Å². The van der Waals surface area contributed by atoms with Crippen molar-refractivity contribution in [2.24, 2.45) is 0 Å². The Morgan fingerprint density at radius 1 is 1.00 bits per heavy atom. The van der Waals surface area contributed by atoms with Gasteiger partial charge in [0.25, 0.3) is 0 Å². The number of benzene rings is 3. The molecule has 43 heavy (non-hydrogen) atoms. The molecule has 0 bridgehead atoms. The van der Waals surface area contributed by atoms with Crippen LogP contribution in [0.1, 0.15) is 36.5 Å². The molecule has 13 heteroatoms. The van der Waals surface area contributed by atoms with E-state index in [1.54, 1.807) is 36.4 Å². The van der Waals surface area contributed by atoms with Gasteiger partial charge in [-0.1, -0.05) is 73.5 Å². The molecule has 0 heterocycles. The first-order chi connectivity index (χ1) is 20.2. The second-order valence-corrected chi connectivity index (χ2v) is 12.2. The second-order valence-electron chi connectivity index (χ2n) is 9.89. The van der Waals surface area contributed by atoms with Gasteiger partial charge in [-0.2, -0.15) is 13.2 Å². The summed E-state index contributed by atoms with van der Waals surface area (Å²) < 4.78 is 81.7. The Morgan fingerprint density at radius 2 is 1.65 bits per heavy atom. The normalized spacial score (nSPS) is 12.4. The maximum absolute atomic E-state index is 14.8. The molecule has 2 amide bonds. The average molecular weight is 642 g/mol. The van der Waals surface area contributed by atoms with E-state index in [1.807, 2.05) is 6.92 Å². The molecule has 0 radical (unpaired) electrons. The monoisotopic (exact) mass is 641 g/mol. The van der Waals surface area contributed by atoms with E-state index < -0.39 is 69.2 Å². The number of carbonyl (C=O) groups is 2. The van der Waals surface area contributed by atoms with Gasteiger partial charge in [-0.05, 0) is 36.2 Å². The van der Waals surface area contributed by atoms with Crippen molar-refractivity contribution < 1.29 is 35.6 Å². The summed E-state index contributed by atoms with van der Waals surface area (Å²) in [5, 5.41) is 2.14. The standard InChI is InChI=1S/C30H32ClF4N3O4S/c1-3-4-16-36-29(40)27(17-21-10-6-5-7-11-21)37(19-22-12-8-9-13-26(22)32)28(39)20-38(43(2,41)42)23-14-15-25(31)24(18-23)30(33,34)35/h5-15,18,27H,3-4,16-17,19-20H2,1-2H3,(H,36,40). The summed E-state index contributed by atoms with van der Waals surface area (Å²) in [5.41, 5.74) is -0.998. The molecule has 3 aromatic rings. The van der Waals surface area contributed by atoms with Gasteiger partial charge in [0.15, 0.2) is 0 Å². The largest absolute Gasteiger partial charge is 0.417 e. The molecule has 1 N–H and O–H groups in total. The zero-order valence-electron chi connectivity index (χ0n) is 23.6. The molecular formula is C30H32ClF4N3O4S. The Balaban J connectivity index is 2.09. The number of sulfonamides is 1. The number of carbonyl (C=O) groups excluding carboxylic acids is 2. The van der Waals surface area contributed by atoms with E-state index in [0.717, 1.165) is 29.7 Å². The van der Waals surface area contributed by atoms with Gasteiger partial charge < -0.3 is 10.2 Å². The van der Waals surface area contributed by atoms with Crippen LogP contribution >= 0.6 is 11.6 Å². The van der Waals surface area contributed by atoms with E-state index >= 15 is 0 Å². The predicted octanol–water partition coefficient (Wildman–Crippen LogP) is 5.82. The minimum absolute atomic E-state index is 0.0109. The molecule has 0 aliphatic carbocycles. The van der Waals surface area contributed by atoms with Crippen LogP contribution in [0.25, 0.3) is 0 Å². The number of nitrogens with one attached hydrogen (secondary N) is 1. The number of alkyl halides is 3. The Hall–Kier alpha value is -3.64. The number of hydrogen-bond acceptors (Lipinski definition) is 4. The molecule has 0 fully saturated rings. The number of anilines is 1. The molecule has 0 aromatic heterocycles. The Labute approximate surface area is 253 Å². The molecule has 7 nitrogen and oxygen atoms in total. The number of halogens is 5. The van der Waals surface area contributed by atoms with Crippen molar-refractivity contribution in [2.45, 2.75) is 44.9 Å². The minimum atomic E-state index is -4.89. The third-order valence-electron chi connectivity index (χ3n) is 6.62. The van der Waals surface area contributed by atoms with Crippen LogP contribution in [0, 0.1) is 5.82 Å². The second kappa shape index (κ2) is 14.7. The Morgan fingerprint density at radius 3 is 2.26 bits per heavy atom. The van der Waals surface area contributed by atoms with Crippen LogP contribution in [-0.2, 0) is 38.8 Å². The van der Waals surface area contributed by atoms with E-state index in [0.29, 0.717) is 28.9 Å². The van der Waals surface area contributed by atoms with Crippen LogP contribution < -0.4 is 9.62 Å². The Bertz CT molecular complexity index is 1520. The fourth-order valence-corrected chi connectivity index (χ4v) is 5.44. The fourth-order valence-electron chi connectivity index (χ4n) is 4.37. The van der Waals surface area contributed by atoms with Crippen LogP contribution in [0.3, 0.4) is 0 Å². The van der Waals surface area contributed by atoms with Crippen LogP contribution in [0.4, 0.5) is 23.2 Å². The molecule has 0 spiro atoms. The highest BCUT2D eigenvalue weighted by molar-refractivity contribution is 7.92. The number of unbranched alkanes of at least 4 members (excludes halogenated alkanes) is 1. The molecule has 0 saturated carbocycles.